The topological polar surface area (TPSA) is 67.4 Å². The maximum atomic E-state index is 12.0. The van der Waals surface area contributed by atoms with Crippen molar-refractivity contribution in [3.8, 4) is 0 Å². The Morgan fingerprint density at radius 1 is 1.40 bits per heavy atom. The second kappa shape index (κ2) is 8.01. The molecule has 1 rings (SSSR count). The number of carbonyl (C=O) groups excluding carboxylic acids is 2. The van der Waals surface area contributed by atoms with Crippen LogP contribution >= 0.6 is 15.9 Å². The van der Waals surface area contributed by atoms with E-state index in [0.717, 1.165) is 10.0 Å². The highest BCUT2D eigenvalue weighted by Gasteiger charge is 2.16. The maximum Gasteiger partial charge on any atom is 0.251 e. The number of benzene rings is 1. The standard InChI is InChI=1S/C14H19BrN2O3/c1-9-4-5-11(8-12(9)15)14(19)17-10(2)13(18)16-6-7-20-3/h4-5,8,10H,6-7H2,1-3H3,(H,16,18)(H,17,19). The number of nitrogens with one attached hydrogen (secondary N) is 2. The minimum absolute atomic E-state index is 0.235. The lowest BCUT2D eigenvalue weighted by Crippen LogP contribution is -2.45. The second-order valence-corrected chi connectivity index (χ2v) is 5.30. The summed E-state index contributed by atoms with van der Waals surface area (Å²) < 4.78 is 5.70. The first kappa shape index (κ1) is 16.7. The fraction of sp³-hybridized carbons (Fsp3) is 0.429. The van der Waals surface area contributed by atoms with Gasteiger partial charge < -0.3 is 15.4 Å². The molecule has 1 atom stereocenters. The van der Waals surface area contributed by atoms with Gasteiger partial charge in [-0.3, -0.25) is 9.59 Å². The van der Waals surface area contributed by atoms with Crippen molar-refractivity contribution in [2.45, 2.75) is 19.9 Å². The third kappa shape index (κ3) is 4.94. The van der Waals surface area contributed by atoms with E-state index >= 15 is 0 Å². The molecule has 0 aromatic heterocycles. The van der Waals surface area contributed by atoms with E-state index in [1.165, 1.54) is 0 Å². The van der Waals surface area contributed by atoms with Crippen molar-refractivity contribution in [1.29, 1.82) is 0 Å². The Morgan fingerprint density at radius 2 is 2.10 bits per heavy atom. The molecular weight excluding hydrogens is 324 g/mol. The van der Waals surface area contributed by atoms with E-state index in [1.54, 1.807) is 26.2 Å². The van der Waals surface area contributed by atoms with Crippen molar-refractivity contribution in [3.05, 3.63) is 33.8 Å². The van der Waals surface area contributed by atoms with E-state index in [-0.39, 0.29) is 11.8 Å². The highest BCUT2D eigenvalue weighted by atomic mass is 79.9. The quantitative estimate of drug-likeness (QED) is 0.772. The van der Waals surface area contributed by atoms with Crippen LogP contribution in [0.25, 0.3) is 0 Å². The lowest BCUT2D eigenvalue weighted by molar-refractivity contribution is -0.122. The van der Waals surface area contributed by atoms with Crippen molar-refractivity contribution in [1.82, 2.24) is 10.6 Å². The summed E-state index contributed by atoms with van der Waals surface area (Å²) in [6.07, 6.45) is 0. The third-order valence-electron chi connectivity index (χ3n) is 2.78. The van der Waals surface area contributed by atoms with Gasteiger partial charge in [-0.1, -0.05) is 22.0 Å². The zero-order valence-electron chi connectivity index (χ0n) is 11.8. The van der Waals surface area contributed by atoms with Crippen molar-refractivity contribution in [3.63, 3.8) is 0 Å². The Labute approximate surface area is 127 Å². The normalized spacial score (nSPS) is 11.8. The number of carbonyl (C=O) groups is 2. The Kier molecular flexibility index (Phi) is 6.67. The number of amides is 2. The molecule has 2 amide bonds. The molecule has 0 aliphatic heterocycles. The van der Waals surface area contributed by atoms with E-state index in [1.807, 2.05) is 13.0 Å². The monoisotopic (exact) mass is 342 g/mol. The molecule has 0 heterocycles. The summed E-state index contributed by atoms with van der Waals surface area (Å²) in [6.45, 7) is 4.45. The lowest BCUT2D eigenvalue weighted by atomic mass is 10.1. The van der Waals surface area contributed by atoms with Crippen molar-refractivity contribution in [2.75, 3.05) is 20.3 Å². The maximum absolute atomic E-state index is 12.0. The Hall–Kier alpha value is -1.40. The molecule has 110 valence electrons. The lowest BCUT2D eigenvalue weighted by Gasteiger charge is -2.14. The van der Waals surface area contributed by atoms with E-state index in [9.17, 15) is 9.59 Å². The summed E-state index contributed by atoms with van der Waals surface area (Å²) >= 11 is 3.38. The van der Waals surface area contributed by atoms with E-state index in [2.05, 4.69) is 26.6 Å². The smallest absolute Gasteiger partial charge is 0.251 e. The molecule has 2 N–H and O–H groups in total. The fourth-order valence-electron chi connectivity index (χ4n) is 1.51. The average molecular weight is 343 g/mol. The molecule has 1 aromatic rings. The zero-order valence-corrected chi connectivity index (χ0v) is 13.4. The van der Waals surface area contributed by atoms with Gasteiger partial charge in [-0.05, 0) is 31.5 Å². The SMILES string of the molecule is COCCNC(=O)C(C)NC(=O)c1ccc(C)c(Br)c1. The highest BCUT2D eigenvalue weighted by molar-refractivity contribution is 9.10. The molecule has 0 fully saturated rings. The van der Waals surface area contributed by atoms with Gasteiger partial charge in [0.25, 0.3) is 5.91 Å². The number of hydrogen-bond acceptors (Lipinski definition) is 3. The summed E-state index contributed by atoms with van der Waals surface area (Å²) in [4.78, 5) is 23.7. The van der Waals surface area contributed by atoms with Crippen LogP contribution in [0.1, 0.15) is 22.8 Å². The van der Waals surface area contributed by atoms with Gasteiger partial charge in [-0.25, -0.2) is 0 Å². The van der Waals surface area contributed by atoms with Gasteiger partial charge in [0.2, 0.25) is 5.91 Å². The number of ether oxygens (including phenoxy) is 1. The van der Waals surface area contributed by atoms with Crippen LogP contribution in [0.2, 0.25) is 0 Å². The number of hydrogen-bond donors (Lipinski definition) is 2. The average Bonchev–Trinajstić information content (AvgIpc) is 2.41. The number of rotatable bonds is 6. The van der Waals surface area contributed by atoms with Gasteiger partial charge in [0, 0.05) is 23.7 Å². The van der Waals surface area contributed by atoms with Gasteiger partial charge >= 0.3 is 0 Å². The molecule has 0 bridgehead atoms. The molecular formula is C14H19BrN2O3. The molecule has 0 aliphatic carbocycles. The van der Waals surface area contributed by atoms with Gasteiger partial charge in [-0.2, -0.15) is 0 Å². The van der Waals surface area contributed by atoms with Crippen molar-refractivity contribution < 1.29 is 14.3 Å². The van der Waals surface area contributed by atoms with E-state index < -0.39 is 6.04 Å². The van der Waals surface area contributed by atoms with E-state index in [0.29, 0.717) is 18.7 Å². The van der Waals surface area contributed by atoms with Crippen LogP contribution in [-0.4, -0.2) is 38.1 Å². The number of aryl methyl sites for hydroxylation is 1. The molecule has 0 spiro atoms. The molecule has 20 heavy (non-hydrogen) atoms. The van der Waals surface area contributed by atoms with Crippen LogP contribution in [0.5, 0.6) is 0 Å². The van der Waals surface area contributed by atoms with Crippen LogP contribution in [0.3, 0.4) is 0 Å². The predicted octanol–water partition coefficient (Wildman–Crippen LogP) is 1.64. The minimum atomic E-state index is -0.598. The number of methoxy groups -OCH3 is 1. The molecule has 0 radical (unpaired) electrons. The predicted molar refractivity (Wildman–Crippen MR) is 80.7 cm³/mol. The van der Waals surface area contributed by atoms with Gasteiger partial charge in [0.15, 0.2) is 0 Å². The van der Waals surface area contributed by atoms with E-state index in [4.69, 9.17) is 4.74 Å². The second-order valence-electron chi connectivity index (χ2n) is 4.44. The first-order chi connectivity index (χ1) is 9.45. The van der Waals surface area contributed by atoms with Gasteiger partial charge in [0.1, 0.15) is 6.04 Å². The summed E-state index contributed by atoms with van der Waals surface area (Å²) in [5.74, 6) is -0.512. The summed E-state index contributed by atoms with van der Waals surface area (Å²) in [5.41, 5.74) is 1.56. The fourth-order valence-corrected chi connectivity index (χ4v) is 1.89. The third-order valence-corrected chi connectivity index (χ3v) is 3.63. The van der Waals surface area contributed by atoms with Crippen LogP contribution < -0.4 is 10.6 Å². The molecule has 1 aromatic carbocycles. The summed E-state index contributed by atoms with van der Waals surface area (Å²) in [6, 6.07) is 4.72. The molecule has 0 aliphatic rings. The molecule has 0 saturated heterocycles. The molecule has 6 heteroatoms. The van der Waals surface area contributed by atoms with Gasteiger partial charge in [-0.15, -0.1) is 0 Å². The van der Waals surface area contributed by atoms with Crippen LogP contribution in [0.15, 0.2) is 22.7 Å². The van der Waals surface area contributed by atoms with Crippen LogP contribution in [-0.2, 0) is 9.53 Å². The highest BCUT2D eigenvalue weighted by Crippen LogP contribution is 2.17. The Balaban J connectivity index is 2.56. The largest absolute Gasteiger partial charge is 0.383 e. The molecule has 0 saturated carbocycles. The van der Waals surface area contributed by atoms with Crippen molar-refractivity contribution in [2.24, 2.45) is 0 Å². The zero-order chi connectivity index (χ0) is 15.1. The van der Waals surface area contributed by atoms with Crippen molar-refractivity contribution >= 4 is 27.7 Å². The Bertz CT molecular complexity index is 491. The molecule has 1 unspecified atom stereocenters. The molecule has 5 nitrogen and oxygen atoms in total. The summed E-state index contributed by atoms with van der Waals surface area (Å²) in [5, 5.41) is 5.33. The number of halogens is 1. The van der Waals surface area contributed by atoms with Crippen LogP contribution in [0, 0.1) is 6.92 Å². The van der Waals surface area contributed by atoms with Gasteiger partial charge in [0.05, 0.1) is 6.61 Å². The Morgan fingerprint density at radius 3 is 2.70 bits per heavy atom. The minimum Gasteiger partial charge on any atom is -0.383 e. The first-order valence-corrected chi connectivity index (χ1v) is 7.08. The first-order valence-electron chi connectivity index (χ1n) is 6.29. The van der Waals surface area contributed by atoms with Crippen LogP contribution in [0.4, 0.5) is 0 Å². The summed E-state index contributed by atoms with van der Waals surface area (Å²) in [7, 11) is 1.56.